The molecule has 0 radical (unpaired) electrons. The van der Waals surface area contributed by atoms with Crippen LogP contribution < -0.4 is 5.32 Å². The summed E-state index contributed by atoms with van der Waals surface area (Å²) in [5, 5.41) is 11.4. The molecule has 2 aliphatic carbocycles. The highest BCUT2D eigenvalue weighted by Crippen LogP contribution is 2.51. The Kier molecular flexibility index (Phi) is 6.17. The van der Waals surface area contributed by atoms with Crippen LogP contribution in [0.3, 0.4) is 0 Å². The number of likely N-dealkylation sites (tertiary alicyclic amines) is 1. The van der Waals surface area contributed by atoms with Gasteiger partial charge in [0.05, 0.1) is 12.3 Å². The number of alkyl halides is 2. The van der Waals surface area contributed by atoms with Crippen molar-refractivity contribution in [2.75, 3.05) is 19.7 Å². The van der Waals surface area contributed by atoms with E-state index in [4.69, 9.17) is 4.74 Å². The third-order valence-corrected chi connectivity index (χ3v) is 7.48. The second-order valence-electron chi connectivity index (χ2n) is 9.44. The molecule has 1 heterocycles. The number of carboxylic acids is 1. The molecule has 184 valence electrons. The number of hydrogen-bond donors (Lipinski definition) is 2. The van der Waals surface area contributed by atoms with Gasteiger partial charge in [-0.15, -0.1) is 0 Å². The van der Waals surface area contributed by atoms with Gasteiger partial charge >= 0.3 is 12.1 Å². The van der Waals surface area contributed by atoms with Crippen LogP contribution in [0.2, 0.25) is 0 Å². The number of rotatable bonds is 7. The molecule has 2 amide bonds. The van der Waals surface area contributed by atoms with Crippen molar-refractivity contribution >= 4 is 18.0 Å². The zero-order valence-corrected chi connectivity index (χ0v) is 18.9. The van der Waals surface area contributed by atoms with E-state index < -0.39 is 42.8 Å². The van der Waals surface area contributed by atoms with E-state index in [1.54, 1.807) is 0 Å². The predicted octanol–water partition coefficient (Wildman–Crippen LogP) is 3.73. The van der Waals surface area contributed by atoms with E-state index in [1.165, 1.54) is 4.90 Å². The number of carboxylic acid groups (broad SMARTS) is 1. The second kappa shape index (κ2) is 9.28. The van der Waals surface area contributed by atoms with Gasteiger partial charge in [-0.25, -0.2) is 13.6 Å². The minimum Gasteiger partial charge on any atom is -0.481 e. The Balaban J connectivity index is 1.17. The van der Waals surface area contributed by atoms with Gasteiger partial charge in [0.25, 0.3) is 6.43 Å². The topological polar surface area (TPSA) is 95.9 Å². The van der Waals surface area contributed by atoms with E-state index >= 15 is 0 Å². The van der Waals surface area contributed by atoms with Gasteiger partial charge in [-0.1, -0.05) is 48.5 Å². The van der Waals surface area contributed by atoms with Crippen LogP contribution in [0.15, 0.2) is 48.5 Å². The van der Waals surface area contributed by atoms with Gasteiger partial charge in [-0.05, 0) is 40.5 Å². The lowest BCUT2D eigenvalue weighted by atomic mass is 9.98. The third kappa shape index (κ3) is 4.47. The fourth-order valence-corrected chi connectivity index (χ4v) is 5.64. The molecule has 0 aromatic heterocycles. The number of ether oxygens (including phenoxy) is 1. The minimum atomic E-state index is -2.95. The van der Waals surface area contributed by atoms with Crippen LogP contribution >= 0.6 is 0 Å². The van der Waals surface area contributed by atoms with E-state index in [0.29, 0.717) is 13.0 Å². The standard InChI is InChI=1S/C26H26F2N2O5/c27-24(28)21(11-22(31)30-10-9-18-19(12-30)23(18)25(32)33)29-26(34)35-13-20-16-7-3-1-5-14(16)15-6-2-4-8-17(15)20/h1-8,18-21,23-24H,9-13H2,(H,29,34)(H,32,33). The summed E-state index contributed by atoms with van der Waals surface area (Å²) in [5.74, 6) is -2.13. The zero-order chi connectivity index (χ0) is 24.7. The van der Waals surface area contributed by atoms with Crippen LogP contribution in [-0.2, 0) is 14.3 Å². The summed E-state index contributed by atoms with van der Waals surface area (Å²) in [5.41, 5.74) is 4.12. The van der Waals surface area contributed by atoms with E-state index in [-0.39, 0.29) is 30.9 Å². The van der Waals surface area contributed by atoms with Crippen LogP contribution in [0, 0.1) is 17.8 Å². The number of alkyl carbamates (subject to hydrolysis) is 1. The van der Waals surface area contributed by atoms with Crippen molar-refractivity contribution in [1.82, 2.24) is 10.2 Å². The summed E-state index contributed by atoms with van der Waals surface area (Å²) in [6.07, 6.45) is -3.98. The van der Waals surface area contributed by atoms with Crippen molar-refractivity contribution in [1.29, 1.82) is 0 Å². The quantitative estimate of drug-likeness (QED) is 0.625. The molecule has 2 fully saturated rings. The summed E-state index contributed by atoms with van der Waals surface area (Å²) in [6, 6.07) is 13.9. The number of hydrogen-bond acceptors (Lipinski definition) is 4. The molecule has 5 rings (SSSR count). The minimum absolute atomic E-state index is 0.0183. The lowest BCUT2D eigenvalue weighted by Gasteiger charge is -2.28. The zero-order valence-electron chi connectivity index (χ0n) is 18.9. The summed E-state index contributed by atoms with van der Waals surface area (Å²) < 4.78 is 32.7. The lowest BCUT2D eigenvalue weighted by Crippen LogP contribution is -2.46. The van der Waals surface area contributed by atoms with E-state index in [1.807, 2.05) is 48.5 Å². The van der Waals surface area contributed by atoms with Crippen molar-refractivity contribution in [3.05, 3.63) is 59.7 Å². The van der Waals surface area contributed by atoms with Gasteiger partial charge in [-0.2, -0.15) is 0 Å². The van der Waals surface area contributed by atoms with Crippen LogP contribution in [0.25, 0.3) is 11.1 Å². The fourth-order valence-electron chi connectivity index (χ4n) is 5.64. The van der Waals surface area contributed by atoms with Crippen molar-refractivity contribution < 1.29 is 33.0 Å². The molecule has 2 aromatic carbocycles. The second-order valence-corrected chi connectivity index (χ2v) is 9.44. The number of fused-ring (bicyclic) bond motifs is 4. The van der Waals surface area contributed by atoms with Gasteiger partial charge in [0.15, 0.2) is 0 Å². The number of aliphatic carboxylic acids is 1. The molecule has 0 spiro atoms. The first-order chi connectivity index (χ1) is 16.8. The number of nitrogens with one attached hydrogen (secondary N) is 1. The maximum absolute atomic E-state index is 13.7. The van der Waals surface area contributed by atoms with E-state index in [9.17, 15) is 28.3 Å². The number of carbonyl (C=O) groups is 3. The number of piperidine rings is 1. The van der Waals surface area contributed by atoms with Gasteiger partial charge in [0.1, 0.15) is 12.6 Å². The smallest absolute Gasteiger partial charge is 0.407 e. The molecular weight excluding hydrogens is 458 g/mol. The number of amides is 2. The Morgan fingerprint density at radius 1 is 1.03 bits per heavy atom. The molecule has 3 aliphatic rings. The summed E-state index contributed by atoms with van der Waals surface area (Å²) >= 11 is 0. The Morgan fingerprint density at radius 3 is 2.26 bits per heavy atom. The van der Waals surface area contributed by atoms with Gasteiger partial charge < -0.3 is 20.1 Å². The number of halogens is 2. The number of nitrogens with zero attached hydrogens (tertiary/aromatic N) is 1. The first-order valence-electron chi connectivity index (χ1n) is 11.8. The molecule has 2 aromatic rings. The van der Waals surface area contributed by atoms with Crippen LogP contribution in [0.5, 0.6) is 0 Å². The highest BCUT2D eigenvalue weighted by atomic mass is 19.3. The van der Waals surface area contributed by atoms with Crippen molar-refractivity contribution in [2.45, 2.75) is 31.2 Å². The lowest BCUT2D eigenvalue weighted by molar-refractivity contribution is -0.139. The van der Waals surface area contributed by atoms with Crippen molar-refractivity contribution in [3.8, 4) is 11.1 Å². The first-order valence-corrected chi connectivity index (χ1v) is 11.8. The van der Waals surface area contributed by atoms with E-state index in [2.05, 4.69) is 5.32 Å². The average molecular weight is 484 g/mol. The molecule has 1 aliphatic heterocycles. The number of benzene rings is 2. The Labute approximate surface area is 201 Å². The monoisotopic (exact) mass is 484 g/mol. The molecule has 2 N–H and O–H groups in total. The van der Waals surface area contributed by atoms with Crippen molar-refractivity contribution in [2.24, 2.45) is 17.8 Å². The first kappa shape index (κ1) is 23.3. The largest absolute Gasteiger partial charge is 0.481 e. The molecular formula is C26H26F2N2O5. The molecule has 35 heavy (non-hydrogen) atoms. The van der Waals surface area contributed by atoms with Crippen LogP contribution in [-0.4, -0.2) is 60.1 Å². The average Bonchev–Trinajstić information content (AvgIpc) is 3.49. The Morgan fingerprint density at radius 2 is 1.66 bits per heavy atom. The van der Waals surface area contributed by atoms with E-state index in [0.717, 1.165) is 22.3 Å². The molecule has 4 atom stereocenters. The molecule has 7 nitrogen and oxygen atoms in total. The number of carbonyl (C=O) groups excluding carboxylic acids is 2. The molecule has 4 unspecified atom stereocenters. The normalized spacial score (nSPS) is 23.2. The SMILES string of the molecule is O=C(NC(CC(=O)N1CCC2C(C1)C2C(=O)O)C(F)F)OCC1c2ccccc2-c2ccccc21. The van der Waals surface area contributed by atoms with Crippen LogP contribution in [0.4, 0.5) is 13.6 Å². The highest BCUT2D eigenvalue weighted by Gasteiger charge is 2.57. The van der Waals surface area contributed by atoms with Gasteiger partial charge in [-0.3, -0.25) is 9.59 Å². The maximum atomic E-state index is 13.7. The molecule has 0 bridgehead atoms. The summed E-state index contributed by atoms with van der Waals surface area (Å²) in [7, 11) is 0. The highest BCUT2D eigenvalue weighted by molar-refractivity contribution is 5.80. The molecule has 1 saturated carbocycles. The summed E-state index contributed by atoms with van der Waals surface area (Å²) in [4.78, 5) is 37.7. The molecule has 1 saturated heterocycles. The maximum Gasteiger partial charge on any atom is 0.407 e. The molecule has 9 heteroatoms. The van der Waals surface area contributed by atoms with Crippen molar-refractivity contribution in [3.63, 3.8) is 0 Å². The van der Waals surface area contributed by atoms with Gasteiger partial charge in [0, 0.05) is 19.0 Å². The fraction of sp³-hybridized carbons (Fsp3) is 0.423. The third-order valence-electron chi connectivity index (χ3n) is 7.48. The van der Waals surface area contributed by atoms with Crippen LogP contribution in [0.1, 0.15) is 29.9 Å². The van der Waals surface area contributed by atoms with Gasteiger partial charge in [0.2, 0.25) is 5.91 Å². The Hall–Kier alpha value is -3.49. The predicted molar refractivity (Wildman–Crippen MR) is 122 cm³/mol. The Bertz CT molecular complexity index is 1110. The summed E-state index contributed by atoms with van der Waals surface area (Å²) in [6.45, 7) is 0.571.